The first-order valence-electron chi connectivity index (χ1n) is 15.6. The second-order valence-electron chi connectivity index (χ2n) is 14.3. The molecule has 0 bridgehead atoms. The van der Waals surface area contributed by atoms with Gasteiger partial charge in [0.15, 0.2) is 0 Å². The second kappa shape index (κ2) is 12.2. The number of aromatic nitrogens is 2. The number of carbonyl (C=O) groups is 3. The molecule has 3 aliphatic heterocycles. The van der Waals surface area contributed by atoms with E-state index in [9.17, 15) is 19.2 Å². The molecule has 0 aliphatic carbocycles. The second-order valence-corrected chi connectivity index (χ2v) is 19.9. The van der Waals surface area contributed by atoms with E-state index in [-0.39, 0.29) is 36.7 Å². The minimum absolute atomic E-state index is 0.0668. The number of hydrogen-bond donors (Lipinski definition) is 0. The lowest BCUT2D eigenvalue weighted by atomic mass is 9.97. The van der Waals surface area contributed by atoms with Crippen molar-refractivity contribution in [3.63, 3.8) is 0 Å². The zero-order chi connectivity index (χ0) is 31.1. The Balaban J connectivity index is 1.33. The summed E-state index contributed by atoms with van der Waals surface area (Å²) in [5, 5.41) is 0. The van der Waals surface area contributed by atoms with Crippen molar-refractivity contribution in [2.45, 2.75) is 96.9 Å². The molecule has 1 atom stereocenters. The van der Waals surface area contributed by atoms with Gasteiger partial charge in [-0.1, -0.05) is 25.7 Å². The maximum Gasteiger partial charge on any atom is 0.410 e. The van der Waals surface area contributed by atoms with E-state index in [0.29, 0.717) is 32.7 Å². The van der Waals surface area contributed by atoms with Crippen molar-refractivity contribution < 1.29 is 23.9 Å². The van der Waals surface area contributed by atoms with Crippen LogP contribution in [0.15, 0.2) is 16.9 Å². The van der Waals surface area contributed by atoms with Crippen LogP contribution in [0.2, 0.25) is 25.7 Å². The van der Waals surface area contributed by atoms with Gasteiger partial charge in [-0.05, 0) is 63.3 Å². The Morgan fingerprint density at radius 1 is 1.00 bits per heavy atom. The molecule has 0 N–H and O–H groups in total. The predicted octanol–water partition coefficient (Wildman–Crippen LogP) is 3.80. The highest BCUT2D eigenvalue weighted by atomic mass is 28.3. The van der Waals surface area contributed by atoms with Crippen molar-refractivity contribution in [3.05, 3.63) is 33.7 Å². The van der Waals surface area contributed by atoms with Crippen LogP contribution in [0.3, 0.4) is 0 Å². The molecule has 3 aliphatic rings. The number of carbonyl (C=O) groups excluding carboxylic acids is 3. The van der Waals surface area contributed by atoms with Crippen LogP contribution in [0.25, 0.3) is 11.0 Å². The molecule has 4 heterocycles. The SMILES string of the molecule is CC(C)(C)OC(=O)N1CCN(Cc2ccc3c4c2CCCn4c(=O)n3C2CCC(=O)N(COCC[Si](C)(C)C)C2=O)CC1. The molecule has 11 nitrogen and oxygen atoms in total. The Bertz CT molecular complexity index is 1440. The Morgan fingerprint density at radius 3 is 2.40 bits per heavy atom. The number of amides is 3. The van der Waals surface area contributed by atoms with Crippen LogP contribution in [-0.2, 0) is 38.6 Å². The summed E-state index contributed by atoms with van der Waals surface area (Å²) < 4.78 is 14.7. The molecule has 12 heteroatoms. The monoisotopic (exact) mass is 613 g/mol. The van der Waals surface area contributed by atoms with Crippen LogP contribution >= 0.6 is 0 Å². The fourth-order valence-corrected chi connectivity index (χ4v) is 6.98. The average molecular weight is 614 g/mol. The number of rotatable bonds is 8. The van der Waals surface area contributed by atoms with E-state index in [1.807, 2.05) is 31.4 Å². The van der Waals surface area contributed by atoms with Crippen molar-refractivity contribution in [1.82, 2.24) is 23.8 Å². The number of nitrogens with zero attached hydrogens (tertiary/aromatic N) is 5. The molecule has 0 spiro atoms. The average Bonchev–Trinajstić information content (AvgIpc) is 3.21. The van der Waals surface area contributed by atoms with E-state index < -0.39 is 19.7 Å². The van der Waals surface area contributed by atoms with Gasteiger partial charge >= 0.3 is 11.8 Å². The van der Waals surface area contributed by atoms with Gasteiger partial charge in [0, 0.05) is 60.4 Å². The Labute approximate surface area is 254 Å². The third-order valence-electron chi connectivity index (χ3n) is 8.56. The highest BCUT2D eigenvalue weighted by Crippen LogP contribution is 2.33. The van der Waals surface area contributed by atoms with Crippen molar-refractivity contribution in [2.75, 3.05) is 39.5 Å². The minimum atomic E-state index is -1.30. The van der Waals surface area contributed by atoms with E-state index in [1.54, 1.807) is 9.47 Å². The molecular formula is C31H47N5O6Si. The predicted molar refractivity (Wildman–Crippen MR) is 167 cm³/mol. The van der Waals surface area contributed by atoms with Gasteiger partial charge in [-0.2, -0.15) is 0 Å². The van der Waals surface area contributed by atoms with Crippen molar-refractivity contribution >= 4 is 37.0 Å². The lowest BCUT2D eigenvalue weighted by molar-refractivity contribution is -0.157. The molecule has 2 aromatic rings. The summed E-state index contributed by atoms with van der Waals surface area (Å²) >= 11 is 0. The third-order valence-corrected chi connectivity index (χ3v) is 10.3. The van der Waals surface area contributed by atoms with Crippen molar-refractivity contribution in [1.29, 1.82) is 0 Å². The van der Waals surface area contributed by atoms with E-state index in [0.717, 1.165) is 55.1 Å². The number of piperidine rings is 1. The number of benzene rings is 1. The molecular weight excluding hydrogens is 566 g/mol. The zero-order valence-electron chi connectivity index (χ0n) is 26.6. The Morgan fingerprint density at radius 2 is 1.72 bits per heavy atom. The fourth-order valence-electron chi connectivity index (χ4n) is 6.23. The Hall–Kier alpha value is -2.96. The molecule has 0 radical (unpaired) electrons. The first kappa shape index (κ1) is 31.5. The number of piperazine rings is 1. The third kappa shape index (κ3) is 6.91. The number of ether oxygens (including phenoxy) is 2. The lowest BCUT2D eigenvalue weighted by Gasteiger charge is -2.36. The van der Waals surface area contributed by atoms with Gasteiger partial charge in [0.05, 0.1) is 11.0 Å². The highest BCUT2D eigenvalue weighted by molar-refractivity contribution is 6.76. The molecule has 1 aromatic carbocycles. The normalized spacial score (nSPS) is 20.3. The highest BCUT2D eigenvalue weighted by Gasteiger charge is 2.38. The van der Waals surface area contributed by atoms with Crippen molar-refractivity contribution in [3.8, 4) is 0 Å². The summed E-state index contributed by atoms with van der Waals surface area (Å²) in [5.41, 5.74) is 3.28. The number of likely N-dealkylation sites (tertiary alicyclic amines) is 1. The van der Waals surface area contributed by atoms with Gasteiger partial charge < -0.3 is 14.4 Å². The molecule has 5 rings (SSSR count). The number of aryl methyl sites for hydroxylation is 2. The largest absolute Gasteiger partial charge is 0.444 e. The summed E-state index contributed by atoms with van der Waals surface area (Å²) in [5.74, 6) is -0.608. The number of imidazole rings is 1. The molecule has 3 amide bonds. The molecule has 236 valence electrons. The standard InChI is InChI=1S/C31H47N5O6Si/c1-31(2,3)42-30(40)33-16-14-32(15-17-33)20-22-9-10-24-27-23(22)8-7-13-34(27)29(39)36(24)25-11-12-26(37)35(28(25)38)21-41-18-19-43(4,5)6/h9-10,25H,7-8,11-21H2,1-6H3. The molecule has 1 aromatic heterocycles. The zero-order valence-corrected chi connectivity index (χ0v) is 27.6. The molecule has 43 heavy (non-hydrogen) atoms. The topological polar surface area (TPSA) is 106 Å². The van der Waals surface area contributed by atoms with E-state index in [1.165, 1.54) is 10.5 Å². The van der Waals surface area contributed by atoms with Crippen LogP contribution < -0.4 is 5.69 Å². The number of imide groups is 1. The minimum Gasteiger partial charge on any atom is -0.444 e. The summed E-state index contributed by atoms with van der Waals surface area (Å²) in [7, 11) is -1.30. The summed E-state index contributed by atoms with van der Waals surface area (Å²) in [6.45, 7) is 16.9. The fraction of sp³-hybridized carbons (Fsp3) is 0.677. The van der Waals surface area contributed by atoms with E-state index >= 15 is 0 Å². The summed E-state index contributed by atoms with van der Waals surface area (Å²) in [6.07, 6.45) is 1.95. The molecule has 1 unspecified atom stereocenters. The summed E-state index contributed by atoms with van der Waals surface area (Å²) in [6, 6.07) is 4.27. The first-order valence-corrected chi connectivity index (χ1v) is 19.3. The van der Waals surface area contributed by atoms with Crippen LogP contribution in [0.4, 0.5) is 4.79 Å². The molecule has 0 saturated carbocycles. The maximum absolute atomic E-state index is 13.8. The van der Waals surface area contributed by atoms with Crippen LogP contribution in [0, 0.1) is 0 Å². The van der Waals surface area contributed by atoms with Gasteiger partial charge in [0.25, 0.3) is 5.91 Å². The van der Waals surface area contributed by atoms with Gasteiger partial charge in [0.2, 0.25) is 5.91 Å². The quantitative estimate of drug-likeness (QED) is 0.253. The van der Waals surface area contributed by atoms with Gasteiger partial charge in [-0.25, -0.2) is 9.59 Å². The first-order chi connectivity index (χ1) is 20.2. The van der Waals surface area contributed by atoms with Crippen LogP contribution in [0.1, 0.15) is 57.2 Å². The van der Waals surface area contributed by atoms with E-state index in [4.69, 9.17) is 9.47 Å². The lowest BCUT2D eigenvalue weighted by Crippen LogP contribution is -2.49. The number of hydrogen-bond acceptors (Lipinski definition) is 7. The van der Waals surface area contributed by atoms with Crippen LogP contribution in [-0.4, -0.2) is 94.9 Å². The molecule has 2 fully saturated rings. The summed E-state index contributed by atoms with van der Waals surface area (Å²) in [4.78, 5) is 57.9. The molecule has 2 saturated heterocycles. The van der Waals surface area contributed by atoms with E-state index in [2.05, 4.69) is 30.6 Å². The maximum atomic E-state index is 13.8. The van der Waals surface area contributed by atoms with Crippen LogP contribution in [0.5, 0.6) is 0 Å². The van der Waals surface area contributed by atoms with Gasteiger partial charge in [0.1, 0.15) is 18.4 Å². The smallest absolute Gasteiger partial charge is 0.410 e. The van der Waals surface area contributed by atoms with Crippen molar-refractivity contribution in [2.24, 2.45) is 0 Å². The Kier molecular flexibility index (Phi) is 8.93. The van der Waals surface area contributed by atoms with Gasteiger partial charge in [-0.15, -0.1) is 0 Å². The van der Waals surface area contributed by atoms with Gasteiger partial charge in [-0.3, -0.25) is 28.5 Å².